The predicted octanol–water partition coefficient (Wildman–Crippen LogP) is 2.40. The SMILES string of the molecule is N#Cc1cccc(OCc2nnc(C3CC3)o2)c1. The van der Waals surface area contributed by atoms with E-state index in [1.54, 1.807) is 24.3 Å². The normalized spacial score (nSPS) is 14.2. The molecule has 0 radical (unpaired) electrons. The molecule has 1 aromatic carbocycles. The Kier molecular flexibility index (Phi) is 2.69. The van der Waals surface area contributed by atoms with Crippen molar-refractivity contribution >= 4 is 0 Å². The average molecular weight is 241 g/mol. The molecule has 0 unspecified atom stereocenters. The predicted molar refractivity (Wildman–Crippen MR) is 61.8 cm³/mol. The summed E-state index contributed by atoms with van der Waals surface area (Å²) in [6.07, 6.45) is 2.26. The molecule has 1 aliphatic carbocycles. The lowest BCUT2D eigenvalue weighted by atomic mass is 10.2. The number of nitriles is 1. The summed E-state index contributed by atoms with van der Waals surface area (Å²) in [5.41, 5.74) is 0.566. The Hall–Kier alpha value is -2.35. The first kappa shape index (κ1) is 10.8. The number of hydrogen-bond acceptors (Lipinski definition) is 5. The van der Waals surface area contributed by atoms with Crippen molar-refractivity contribution in [2.24, 2.45) is 0 Å². The Morgan fingerprint density at radius 2 is 2.28 bits per heavy atom. The summed E-state index contributed by atoms with van der Waals surface area (Å²) in [6.45, 7) is 0.231. The lowest BCUT2D eigenvalue weighted by molar-refractivity contribution is 0.259. The molecule has 0 aliphatic heterocycles. The second-order valence-corrected chi connectivity index (χ2v) is 4.24. The molecule has 2 aromatic rings. The largest absolute Gasteiger partial charge is 0.484 e. The van der Waals surface area contributed by atoms with E-state index in [0.717, 1.165) is 12.8 Å². The molecule has 1 aromatic heterocycles. The Morgan fingerprint density at radius 3 is 3.06 bits per heavy atom. The van der Waals surface area contributed by atoms with Gasteiger partial charge in [-0.3, -0.25) is 0 Å². The van der Waals surface area contributed by atoms with Crippen LogP contribution in [0.1, 0.15) is 36.1 Å². The van der Waals surface area contributed by atoms with Crippen molar-refractivity contribution in [1.29, 1.82) is 5.26 Å². The molecular weight excluding hydrogens is 230 g/mol. The molecule has 0 atom stereocenters. The smallest absolute Gasteiger partial charge is 0.253 e. The van der Waals surface area contributed by atoms with E-state index in [0.29, 0.717) is 29.0 Å². The van der Waals surface area contributed by atoms with E-state index in [-0.39, 0.29) is 6.61 Å². The van der Waals surface area contributed by atoms with E-state index in [2.05, 4.69) is 16.3 Å². The van der Waals surface area contributed by atoms with Gasteiger partial charge in [-0.25, -0.2) is 0 Å². The summed E-state index contributed by atoms with van der Waals surface area (Å²) in [7, 11) is 0. The van der Waals surface area contributed by atoms with Crippen LogP contribution in [0.3, 0.4) is 0 Å². The minimum absolute atomic E-state index is 0.231. The highest BCUT2D eigenvalue weighted by molar-refractivity contribution is 5.36. The van der Waals surface area contributed by atoms with Gasteiger partial charge in [0.15, 0.2) is 6.61 Å². The van der Waals surface area contributed by atoms with Crippen LogP contribution in [0.15, 0.2) is 28.7 Å². The lowest BCUT2D eigenvalue weighted by Crippen LogP contribution is -1.95. The molecule has 1 aliphatic rings. The van der Waals surface area contributed by atoms with Crippen molar-refractivity contribution in [2.45, 2.75) is 25.4 Å². The lowest BCUT2D eigenvalue weighted by Gasteiger charge is -2.02. The van der Waals surface area contributed by atoms with Crippen LogP contribution in [0.5, 0.6) is 5.75 Å². The van der Waals surface area contributed by atoms with Gasteiger partial charge >= 0.3 is 0 Å². The van der Waals surface area contributed by atoms with Crippen molar-refractivity contribution in [1.82, 2.24) is 10.2 Å². The van der Waals surface area contributed by atoms with Gasteiger partial charge in [-0.2, -0.15) is 5.26 Å². The quantitative estimate of drug-likeness (QED) is 0.821. The van der Waals surface area contributed by atoms with Gasteiger partial charge in [-0.15, -0.1) is 10.2 Å². The van der Waals surface area contributed by atoms with Crippen LogP contribution < -0.4 is 4.74 Å². The van der Waals surface area contributed by atoms with Crippen LogP contribution in [0.4, 0.5) is 0 Å². The molecule has 1 heterocycles. The summed E-state index contributed by atoms with van der Waals surface area (Å²) < 4.78 is 11.0. The first-order chi connectivity index (χ1) is 8.85. The van der Waals surface area contributed by atoms with E-state index >= 15 is 0 Å². The molecule has 1 saturated carbocycles. The third kappa shape index (κ3) is 2.33. The molecule has 0 N–H and O–H groups in total. The fourth-order valence-electron chi connectivity index (χ4n) is 1.62. The topological polar surface area (TPSA) is 71.9 Å². The zero-order valence-corrected chi connectivity index (χ0v) is 9.67. The summed E-state index contributed by atoms with van der Waals surface area (Å²) in [6, 6.07) is 9.03. The maximum absolute atomic E-state index is 8.77. The van der Waals surface area contributed by atoms with Gasteiger partial charge in [-0.1, -0.05) is 6.07 Å². The summed E-state index contributed by atoms with van der Waals surface area (Å²) >= 11 is 0. The van der Waals surface area contributed by atoms with Crippen molar-refractivity contribution in [3.63, 3.8) is 0 Å². The number of nitrogens with zero attached hydrogens (tertiary/aromatic N) is 3. The molecule has 90 valence electrons. The first-order valence-electron chi connectivity index (χ1n) is 5.80. The minimum atomic E-state index is 0.231. The van der Waals surface area contributed by atoms with Gasteiger partial charge in [0, 0.05) is 5.92 Å². The van der Waals surface area contributed by atoms with Crippen LogP contribution >= 0.6 is 0 Å². The highest BCUT2D eigenvalue weighted by atomic mass is 16.5. The second kappa shape index (κ2) is 4.49. The highest BCUT2D eigenvalue weighted by Crippen LogP contribution is 2.39. The van der Waals surface area contributed by atoms with Gasteiger partial charge in [0.05, 0.1) is 11.6 Å². The zero-order valence-electron chi connectivity index (χ0n) is 9.67. The van der Waals surface area contributed by atoms with Crippen LogP contribution in [0.25, 0.3) is 0 Å². The molecule has 18 heavy (non-hydrogen) atoms. The number of rotatable bonds is 4. The van der Waals surface area contributed by atoms with Crippen molar-refractivity contribution in [3.8, 4) is 11.8 Å². The summed E-state index contributed by atoms with van der Waals surface area (Å²) in [5, 5.41) is 16.7. The van der Waals surface area contributed by atoms with E-state index < -0.39 is 0 Å². The van der Waals surface area contributed by atoms with Gasteiger partial charge in [0.25, 0.3) is 5.89 Å². The molecule has 5 nitrogen and oxygen atoms in total. The van der Waals surface area contributed by atoms with E-state index in [1.807, 2.05) is 0 Å². The van der Waals surface area contributed by atoms with E-state index in [4.69, 9.17) is 14.4 Å². The molecule has 3 rings (SSSR count). The molecule has 0 saturated heterocycles. The van der Waals surface area contributed by atoms with Crippen LogP contribution in [-0.2, 0) is 6.61 Å². The Balaban J connectivity index is 1.64. The van der Waals surface area contributed by atoms with Crippen LogP contribution in [0.2, 0.25) is 0 Å². The van der Waals surface area contributed by atoms with E-state index in [9.17, 15) is 0 Å². The maximum atomic E-state index is 8.77. The zero-order chi connectivity index (χ0) is 12.4. The third-order valence-corrected chi connectivity index (χ3v) is 2.73. The fourth-order valence-corrected chi connectivity index (χ4v) is 1.62. The Bertz CT molecular complexity index is 596. The molecule has 1 fully saturated rings. The monoisotopic (exact) mass is 241 g/mol. The molecule has 5 heteroatoms. The standard InChI is InChI=1S/C13H11N3O2/c14-7-9-2-1-3-11(6-9)17-8-12-15-16-13(18-12)10-4-5-10/h1-3,6,10H,4-5,8H2. The Labute approximate surface area is 104 Å². The number of benzene rings is 1. The average Bonchev–Trinajstić information content (AvgIpc) is 3.16. The van der Waals surface area contributed by atoms with Crippen molar-refractivity contribution in [3.05, 3.63) is 41.6 Å². The highest BCUT2D eigenvalue weighted by Gasteiger charge is 2.29. The van der Waals surface area contributed by atoms with Crippen molar-refractivity contribution < 1.29 is 9.15 Å². The molecule has 0 amide bonds. The third-order valence-electron chi connectivity index (χ3n) is 2.73. The molecule has 0 bridgehead atoms. The minimum Gasteiger partial charge on any atom is -0.484 e. The fraction of sp³-hybridized carbons (Fsp3) is 0.308. The molecular formula is C13H11N3O2. The first-order valence-corrected chi connectivity index (χ1v) is 5.80. The van der Waals surface area contributed by atoms with Crippen molar-refractivity contribution in [2.75, 3.05) is 0 Å². The Morgan fingerprint density at radius 1 is 1.39 bits per heavy atom. The van der Waals surface area contributed by atoms with Gasteiger partial charge in [-0.05, 0) is 31.0 Å². The van der Waals surface area contributed by atoms with Gasteiger partial charge < -0.3 is 9.15 Å². The number of ether oxygens (including phenoxy) is 1. The van der Waals surface area contributed by atoms with Gasteiger partial charge in [0.2, 0.25) is 5.89 Å². The number of hydrogen-bond donors (Lipinski definition) is 0. The summed E-state index contributed by atoms with van der Waals surface area (Å²) in [5.74, 6) is 2.26. The van der Waals surface area contributed by atoms with Gasteiger partial charge in [0.1, 0.15) is 5.75 Å². The van der Waals surface area contributed by atoms with E-state index in [1.165, 1.54) is 0 Å². The maximum Gasteiger partial charge on any atom is 0.253 e. The van der Waals surface area contributed by atoms with Crippen LogP contribution in [0, 0.1) is 11.3 Å². The second-order valence-electron chi connectivity index (χ2n) is 4.24. The molecule has 0 spiro atoms. The number of aromatic nitrogens is 2. The summed E-state index contributed by atoms with van der Waals surface area (Å²) in [4.78, 5) is 0. The van der Waals surface area contributed by atoms with Crippen LogP contribution in [-0.4, -0.2) is 10.2 Å².